The van der Waals surface area contributed by atoms with Gasteiger partial charge in [-0.25, -0.2) is 0 Å². The summed E-state index contributed by atoms with van der Waals surface area (Å²) in [5.74, 6) is 2.74. The Bertz CT molecular complexity index is 1010. The van der Waals surface area contributed by atoms with Crippen molar-refractivity contribution < 1.29 is 23.7 Å². The molecule has 3 aromatic rings. The Morgan fingerprint density at radius 2 is 1.69 bits per heavy atom. The molecule has 1 aromatic heterocycles. The number of methoxy groups -OCH3 is 2. The Labute approximate surface area is 173 Å². The molecule has 4 rings (SSSR count). The van der Waals surface area contributed by atoms with Crippen LogP contribution in [0, 0.1) is 0 Å². The molecule has 0 radical (unpaired) electrons. The highest BCUT2D eigenvalue weighted by molar-refractivity contribution is 7.17. The molecule has 0 atom stereocenters. The average Bonchev–Trinajstić information content (AvgIpc) is 3.27. The van der Waals surface area contributed by atoms with E-state index < -0.39 is 0 Å². The van der Waals surface area contributed by atoms with Crippen molar-refractivity contribution in [1.82, 2.24) is 5.32 Å². The van der Waals surface area contributed by atoms with E-state index in [4.69, 9.17) is 18.9 Å². The fraction of sp³-hybridized carbons (Fsp3) is 0.227. The predicted molar refractivity (Wildman–Crippen MR) is 111 cm³/mol. The van der Waals surface area contributed by atoms with Gasteiger partial charge in [-0.1, -0.05) is 0 Å². The van der Waals surface area contributed by atoms with Crippen molar-refractivity contribution in [1.29, 1.82) is 0 Å². The molecule has 0 unspecified atom stereocenters. The largest absolute Gasteiger partial charge is 0.497 e. The van der Waals surface area contributed by atoms with Gasteiger partial charge >= 0.3 is 0 Å². The SMILES string of the molecule is COc1cc(CNC(=O)c2ccc(-c3ccc4c(c3)OCCO4)s2)cc(OC)c1. The van der Waals surface area contributed by atoms with E-state index in [-0.39, 0.29) is 5.91 Å². The number of fused-ring (bicyclic) bond motifs is 1. The molecule has 7 heteroatoms. The van der Waals surface area contributed by atoms with Crippen LogP contribution in [0.15, 0.2) is 48.5 Å². The summed E-state index contributed by atoms with van der Waals surface area (Å²) in [6.07, 6.45) is 0. The molecule has 0 aliphatic carbocycles. The molecule has 0 saturated heterocycles. The molecule has 2 heterocycles. The number of hydrogen-bond acceptors (Lipinski definition) is 6. The maximum atomic E-state index is 12.6. The number of carbonyl (C=O) groups is 1. The van der Waals surface area contributed by atoms with Crippen molar-refractivity contribution in [2.24, 2.45) is 0 Å². The van der Waals surface area contributed by atoms with Crippen LogP contribution in [0.25, 0.3) is 10.4 Å². The predicted octanol–water partition coefficient (Wildman–Crippen LogP) is 4.13. The number of carbonyl (C=O) groups excluding carboxylic acids is 1. The molecular weight excluding hydrogens is 390 g/mol. The summed E-state index contributed by atoms with van der Waals surface area (Å²) >= 11 is 1.44. The van der Waals surface area contributed by atoms with E-state index in [9.17, 15) is 4.79 Å². The molecule has 1 N–H and O–H groups in total. The molecule has 2 aromatic carbocycles. The van der Waals surface area contributed by atoms with Crippen molar-refractivity contribution in [2.75, 3.05) is 27.4 Å². The number of rotatable bonds is 6. The lowest BCUT2D eigenvalue weighted by Crippen LogP contribution is -2.21. The average molecular weight is 411 g/mol. The van der Waals surface area contributed by atoms with Crippen molar-refractivity contribution in [2.45, 2.75) is 6.54 Å². The van der Waals surface area contributed by atoms with Crippen LogP contribution < -0.4 is 24.3 Å². The van der Waals surface area contributed by atoms with Crippen LogP contribution in [0.3, 0.4) is 0 Å². The topological polar surface area (TPSA) is 66.0 Å². The summed E-state index contributed by atoms with van der Waals surface area (Å²) < 4.78 is 21.7. The quantitative estimate of drug-likeness (QED) is 0.661. The van der Waals surface area contributed by atoms with Gasteiger partial charge < -0.3 is 24.3 Å². The third-order valence-corrected chi connectivity index (χ3v) is 5.65. The molecule has 6 nitrogen and oxygen atoms in total. The number of thiophene rings is 1. The van der Waals surface area contributed by atoms with Gasteiger partial charge in [0.25, 0.3) is 5.91 Å². The summed E-state index contributed by atoms with van der Waals surface area (Å²) in [6.45, 7) is 1.49. The van der Waals surface area contributed by atoms with E-state index in [1.165, 1.54) is 11.3 Å². The lowest BCUT2D eigenvalue weighted by molar-refractivity contribution is 0.0955. The molecule has 29 heavy (non-hydrogen) atoms. The molecule has 0 bridgehead atoms. The molecular formula is C22H21NO5S. The third kappa shape index (κ3) is 4.30. The minimum atomic E-state index is -0.124. The third-order valence-electron chi connectivity index (χ3n) is 4.52. The van der Waals surface area contributed by atoms with Gasteiger partial charge in [0.05, 0.1) is 19.1 Å². The van der Waals surface area contributed by atoms with E-state index in [0.29, 0.717) is 36.1 Å². The van der Waals surface area contributed by atoms with Gasteiger partial charge in [-0.3, -0.25) is 4.79 Å². The highest BCUT2D eigenvalue weighted by Gasteiger charge is 2.15. The molecule has 1 aliphatic rings. The minimum Gasteiger partial charge on any atom is -0.497 e. The van der Waals surface area contributed by atoms with E-state index in [2.05, 4.69) is 5.32 Å². The zero-order valence-electron chi connectivity index (χ0n) is 16.2. The first-order chi connectivity index (χ1) is 14.2. The van der Waals surface area contributed by atoms with Crippen LogP contribution in [0.2, 0.25) is 0 Å². The minimum absolute atomic E-state index is 0.124. The van der Waals surface area contributed by atoms with Crippen molar-refractivity contribution in [3.05, 3.63) is 59.0 Å². The summed E-state index contributed by atoms with van der Waals surface area (Å²) in [7, 11) is 3.20. The second-order valence-corrected chi connectivity index (χ2v) is 7.51. The van der Waals surface area contributed by atoms with E-state index in [0.717, 1.165) is 27.5 Å². The van der Waals surface area contributed by atoms with Gasteiger partial charge in [-0.2, -0.15) is 0 Å². The smallest absolute Gasteiger partial charge is 0.261 e. The van der Waals surface area contributed by atoms with Crippen LogP contribution in [-0.2, 0) is 6.54 Å². The number of nitrogens with one attached hydrogen (secondary N) is 1. The zero-order chi connectivity index (χ0) is 20.2. The molecule has 1 amide bonds. The van der Waals surface area contributed by atoms with Gasteiger partial charge in [0, 0.05) is 17.5 Å². The van der Waals surface area contributed by atoms with Crippen molar-refractivity contribution in [3.8, 4) is 33.4 Å². The van der Waals surface area contributed by atoms with Crippen LogP contribution in [0.4, 0.5) is 0 Å². The van der Waals surface area contributed by atoms with Gasteiger partial charge in [0.2, 0.25) is 0 Å². The Morgan fingerprint density at radius 1 is 0.966 bits per heavy atom. The fourth-order valence-corrected chi connectivity index (χ4v) is 3.97. The van der Waals surface area contributed by atoms with E-state index >= 15 is 0 Å². The van der Waals surface area contributed by atoms with Gasteiger partial charge in [-0.05, 0) is 53.6 Å². The van der Waals surface area contributed by atoms with Gasteiger partial charge in [0.15, 0.2) is 11.5 Å². The molecule has 0 saturated carbocycles. The Hall–Kier alpha value is -3.19. The van der Waals surface area contributed by atoms with Crippen molar-refractivity contribution >= 4 is 17.2 Å². The summed E-state index contributed by atoms with van der Waals surface area (Å²) in [5.41, 5.74) is 1.90. The maximum Gasteiger partial charge on any atom is 0.261 e. The van der Waals surface area contributed by atoms with E-state index in [1.54, 1.807) is 20.3 Å². The summed E-state index contributed by atoms with van der Waals surface area (Å²) in [6, 6.07) is 15.1. The number of amides is 1. The highest BCUT2D eigenvalue weighted by atomic mass is 32.1. The standard InChI is InChI=1S/C22H21NO5S/c1-25-16-9-14(10-17(12-16)26-2)13-23-22(24)21-6-5-20(29-21)15-3-4-18-19(11-15)28-8-7-27-18/h3-6,9-12H,7-8,13H2,1-2H3,(H,23,24). The molecule has 150 valence electrons. The van der Waals surface area contributed by atoms with Gasteiger partial charge in [0.1, 0.15) is 24.7 Å². The highest BCUT2D eigenvalue weighted by Crippen LogP contribution is 2.36. The summed E-state index contributed by atoms with van der Waals surface area (Å²) in [4.78, 5) is 14.2. The first kappa shape index (κ1) is 19.1. The van der Waals surface area contributed by atoms with Crippen LogP contribution >= 0.6 is 11.3 Å². The Morgan fingerprint density at radius 3 is 2.41 bits per heavy atom. The maximum absolute atomic E-state index is 12.6. The van der Waals surface area contributed by atoms with E-state index in [1.807, 2.05) is 42.5 Å². The monoisotopic (exact) mass is 411 g/mol. The molecule has 0 fully saturated rings. The van der Waals surface area contributed by atoms with Crippen LogP contribution in [0.1, 0.15) is 15.2 Å². The summed E-state index contributed by atoms with van der Waals surface area (Å²) in [5, 5.41) is 2.95. The van der Waals surface area contributed by atoms with Crippen LogP contribution in [0.5, 0.6) is 23.0 Å². The normalized spacial score (nSPS) is 12.3. The first-order valence-electron chi connectivity index (χ1n) is 9.16. The second kappa shape index (κ2) is 8.45. The number of benzene rings is 2. The molecule has 0 spiro atoms. The Kier molecular flexibility index (Phi) is 5.57. The fourth-order valence-electron chi connectivity index (χ4n) is 3.05. The van der Waals surface area contributed by atoms with Gasteiger partial charge in [-0.15, -0.1) is 11.3 Å². The first-order valence-corrected chi connectivity index (χ1v) is 9.98. The Balaban J connectivity index is 1.45. The van der Waals surface area contributed by atoms with Crippen LogP contribution in [-0.4, -0.2) is 33.3 Å². The zero-order valence-corrected chi connectivity index (χ0v) is 17.0. The second-order valence-electron chi connectivity index (χ2n) is 6.43. The molecule has 1 aliphatic heterocycles. The van der Waals surface area contributed by atoms with Crippen molar-refractivity contribution in [3.63, 3.8) is 0 Å². The lowest BCUT2D eigenvalue weighted by Gasteiger charge is -2.18. The number of ether oxygens (including phenoxy) is 4. The lowest BCUT2D eigenvalue weighted by atomic mass is 10.1. The number of hydrogen-bond donors (Lipinski definition) is 1.